The molecular formula is C18H18ClFO3. The molecule has 0 radical (unpaired) electrons. The van der Waals surface area contributed by atoms with Crippen LogP contribution in [0.2, 0.25) is 5.02 Å². The minimum absolute atomic E-state index is 0.152. The van der Waals surface area contributed by atoms with Crippen molar-refractivity contribution >= 4 is 11.6 Å². The van der Waals surface area contributed by atoms with Gasteiger partial charge in [0.05, 0.1) is 11.6 Å². The molecule has 0 saturated heterocycles. The lowest BCUT2D eigenvalue weighted by Gasteiger charge is -2.38. The Morgan fingerprint density at radius 3 is 2.65 bits per heavy atom. The normalized spacial score (nSPS) is 19.1. The molecule has 3 nitrogen and oxygen atoms in total. The Morgan fingerprint density at radius 1 is 1.26 bits per heavy atom. The van der Waals surface area contributed by atoms with E-state index >= 15 is 0 Å². The highest BCUT2D eigenvalue weighted by Crippen LogP contribution is 2.46. The molecule has 1 unspecified atom stereocenters. The topological polar surface area (TPSA) is 38.7 Å². The molecule has 1 N–H and O–H groups in total. The Balaban J connectivity index is 2.19. The third-order valence-corrected chi connectivity index (χ3v) is 4.10. The van der Waals surface area contributed by atoms with E-state index in [2.05, 4.69) is 0 Å². The zero-order chi connectivity index (χ0) is 16.8. The number of hydrogen-bond acceptors (Lipinski definition) is 3. The lowest BCUT2D eigenvalue weighted by atomic mass is 9.96. The molecule has 1 aliphatic rings. The van der Waals surface area contributed by atoms with Gasteiger partial charge in [0.15, 0.2) is 0 Å². The highest BCUT2D eigenvalue weighted by Gasteiger charge is 2.38. The van der Waals surface area contributed by atoms with E-state index in [-0.39, 0.29) is 12.4 Å². The van der Waals surface area contributed by atoms with Gasteiger partial charge in [0.25, 0.3) is 0 Å². The Bertz CT molecular complexity index is 758. The standard InChI is InChI=1S/C18H18ClFO3/c1-10-4-5-12(14(20)6-10)17-16-13(19)7-11(9-21)8-15(16)22-18(2,3)23-17/h4-8,17,21H,9H2,1-3H3. The summed E-state index contributed by atoms with van der Waals surface area (Å²) < 4.78 is 26.2. The van der Waals surface area contributed by atoms with Crippen LogP contribution in [0.5, 0.6) is 5.75 Å². The minimum atomic E-state index is -0.938. The van der Waals surface area contributed by atoms with Crippen molar-refractivity contribution in [1.29, 1.82) is 0 Å². The Labute approximate surface area is 139 Å². The molecule has 5 heteroatoms. The minimum Gasteiger partial charge on any atom is -0.462 e. The van der Waals surface area contributed by atoms with Gasteiger partial charge in [0.1, 0.15) is 17.7 Å². The smallest absolute Gasteiger partial charge is 0.205 e. The molecule has 0 bridgehead atoms. The molecule has 0 aliphatic carbocycles. The number of aliphatic hydroxyl groups is 1. The van der Waals surface area contributed by atoms with E-state index in [0.29, 0.717) is 27.5 Å². The molecule has 1 atom stereocenters. The highest BCUT2D eigenvalue weighted by atomic mass is 35.5. The van der Waals surface area contributed by atoms with Gasteiger partial charge in [0, 0.05) is 25.0 Å². The first-order chi connectivity index (χ1) is 10.8. The predicted octanol–water partition coefficient (Wildman–Crippen LogP) is 4.51. The maximum absolute atomic E-state index is 14.5. The molecule has 1 heterocycles. The molecule has 23 heavy (non-hydrogen) atoms. The lowest BCUT2D eigenvalue weighted by Crippen LogP contribution is -2.38. The summed E-state index contributed by atoms with van der Waals surface area (Å²) in [5.74, 6) is -0.782. The summed E-state index contributed by atoms with van der Waals surface area (Å²) in [4.78, 5) is 0. The van der Waals surface area contributed by atoms with Crippen LogP contribution in [0.1, 0.15) is 42.2 Å². The number of halogens is 2. The third-order valence-electron chi connectivity index (χ3n) is 3.79. The van der Waals surface area contributed by atoms with Crippen LogP contribution in [-0.4, -0.2) is 10.9 Å². The van der Waals surface area contributed by atoms with Crippen molar-refractivity contribution < 1.29 is 19.0 Å². The molecule has 2 aromatic rings. The van der Waals surface area contributed by atoms with Crippen molar-refractivity contribution in [2.45, 2.75) is 39.3 Å². The summed E-state index contributed by atoms with van der Waals surface area (Å²) >= 11 is 6.35. The van der Waals surface area contributed by atoms with Gasteiger partial charge in [-0.05, 0) is 36.2 Å². The number of ether oxygens (including phenoxy) is 2. The van der Waals surface area contributed by atoms with Crippen molar-refractivity contribution in [2.75, 3.05) is 0 Å². The van der Waals surface area contributed by atoms with Gasteiger partial charge >= 0.3 is 0 Å². The number of hydrogen-bond donors (Lipinski definition) is 1. The predicted molar refractivity (Wildman–Crippen MR) is 86.1 cm³/mol. The maximum Gasteiger partial charge on any atom is 0.205 e. The second-order valence-corrected chi connectivity index (χ2v) is 6.58. The first-order valence-electron chi connectivity index (χ1n) is 7.37. The van der Waals surface area contributed by atoms with Gasteiger partial charge in [-0.1, -0.05) is 23.7 Å². The molecular weight excluding hydrogens is 319 g/mol. The van der Waals surface area contributed by atoms with Crippen molar-refractivity contribution in [1.82, 2.24) is 0 Å². The Morgan fingerprint density at radius 2 is 2.00 bits per heavy atom. The van der Waals surface area contributed by atoms with Crippen molar-refractivity contribution in [3.63, 3.8) is 0 Å². The highest BCUT2D eigenvalue weighted by molar-refractivity contribution is 6.31. The third kappa shape index (κ3) is 3.07. The number of rotatable bonds is 2. The molecule has 122 valence electrons. The quantitative estimate of drug-likeness (QED) is 0.876. The molecule has 0 spiro atoms. The van der Waals surface area contributed by atoms with E-state index in [0.717, 1.165) is 5.56 Å². The monoisotopic (exact) mass is 336 g/mol. The van der Waals surface area contributed by atoms with Crippen LogP contribution in [0.4, 0.5) is 4.39 Å². The zero-order valence-corrected chi connectivity index (χ0v) is 13.9. The van der Waals surface area contributed by atoms with E-state index in [1.54, 1.807) is 32.0 Å². The summed E-state index contributed by atoms with van der Waals surface area (Å²) in [6.45, 7) is 5.19. The zero-order valence-electron chi connectivity index (χ0n) is 13.2. The first kappa shape index (κ1) is 16.2. The SMILES string of the molecule is Cc1ccc(C2OC(C)(C)Oc3cc(CO)cc(Cl)c32)c(F)c1. The van der Waals surface area contributed by atoms with Gasteiger partial charge in [0.2, 0.25) is 5.79 Å². The lowest BCUT2D eigenvalue weighted by molar-refractivity contribution is -0.196. The number of aryl methyl sites for hydroxylation is 1. The van der Waals surface area contributed by atoms with Crippen LogP contribution >= 0.6 is 11.6 Å². The summed E-state index contributed by atoms with van der Waals surface area (Å²) in [5.41, 5.74) is 2.45. The summed E-state index contributed by atoms with van der Waals surface area (Å²) in [5, 5.41) is 9.73. The first-order valence-corrected chi connectivity index (χ1v) is 7.74. The second kappa shape index (κ2) is 5.78. The molecule has 2 aromatic carbocycles. The Kier molecular flexibility index (Phi) is 4.08. The van der Waals surface area contributed by atoms with E-state index < -0.39 is 11.9 Å². The Hall–Kier alpha value is -1.62. The van der Waals surface area contributed by atoms with Crippen LogP contribution in [0.25, 0.3) is 0 Å². The van der Waals surface area contributed by atoms with Crippen molar-refractivity contribution in [2.24, 2.45) is 0 Å². The largest absolute Gasteiger partial charge is 0.462 e. The van der Waals surface area contributed by atoms with Crippen LogP contribution in [0, 0.1) is 12.7 Å². The number of aliphatic hydroxyl groups excluding tert-OH is 1. The summed E-state index contributed by atoms with van der Waals surface area (Å²) in [7, 11) is 0. The molecule has 0 aromatic heterocycles. The number of benzene rings is 2. The summed E-state index contributed by atoms with van der Waals surface area (Å²) in [6, 6.07) is 8.36. The van der Waals surface area contributed by atoms with Gasteiger partial charge < -0.3 is 14.6 Å². The molecule has 1 aliphatic heterocycles. The van der Waals surface area contributed by atoms with E-state index in [9.17, 15) is 9.50 Å². The van der Waals surface area contributed by atoms with Crippen molar-refractivity contribution in [3.8, 4) is 5.75 Å². The molecule has 3 rings (SSSR count). The fourth-order valence-electron chi connectivity index (χ4n) is 2.77. The second-order valence-electron chi connectivity index (χ2n) is 6.17. The van der Waals surface area contributed by atoms with Crippen molar-refractivity contribution in [3.05, 3.63) is 63.4 Å². The average Bonchev–Trinajstić information content (AvgIpc) is 2.44. The molecule has 0 saturated carbocycles. The molecule has 0 fully saturated rings. The van der Waals surface area contributed by atoms with E-state index in [1.165, 1.54) is 6.07 Å². The maximum atomic E-state index is 14.5. The average molecular weight is 337 g/mol. The van der Waals surface area contributed by atoms with Crippen LogP contribution < -0.4 is 4.74 Å². The van der Waals surface area contributed by atoms with Crippen LogP contribution in [0.15, 0.2) is 30.3 Å². The molecule has 0 amide bonds. The number of fused-ring (bicyclic) bond motifs is 1. The fraction of sp³-hybridized carbons (Fsp3) is 0.333. The van der Waals surface area contributed by atoms with Gasteiger partial charge in [-0.3, -0.25) is 0 Å². The van der Waals surface area contributed by atoms with E-state index in [4.69, 9.17) is 21.1 Å². The van der Waals surface area contributed by atoms with Gasteiger partial charge in [-0.2, -0.15) is 0 Å². The van der Waals surface area contributed by atoms with Crippen LogP contribution in [0.3, 0.4) is 0 Å². The van der Waals surface area contributed by atoms with Gasteiger partial charge in [-0.15, -0.1) is 0 Å². The van der Waals surface area contributed by atoms with E-state index in [1.807, 2.05) is 13.0 Å². The van der Waals surface area contributed by atoms with Crippen LogP contribution in [-0.2, 0) is 11.3 Å². The van der Waals surface area contributed by atoms with Gasteiger partial charge in [-0.25, -0.2) is 4.39 Å². The fourth-order valence-corrected chi connectivity index (χ4v) is 3.10. The summed E-state index contributed by atoms with van der Waals surface area (Å²) in [6.07, 6.45) is -0.672.